The summed E-state index contributed by atoms with van der Waals surface area (Å²) >= 11 is 0. The summed E-state index contributed by atoms with van der Waals surface area (Å²) in [5.41, 5.74) is 0.108. The molecule has 2 nitrogen and oxygen atoms in total. The van der Waals surface area contributed by atoms with Crippen molar-refractivity contribution in [2.75, 3.05) is 7.11 Å². The molecule has 1 heterocycles. The number of fused-ring (bicyclic) bond motifs is 1. The van der Waals surface area contributed by atoms with Gasteiger partial charge in [-0.15, -0.1) is 0 Å². The summed E-state index contributed by atoms with van der Waals surface area (Å²) in [6.45, 7) is 6.95. The predicted octanol–water partition coefficient (Wildman–Crippen LogP) is 6.91. The summed E-state index contributed by atoms with van der Waals surface area (Å²) in [4.78, 5) is 0. The highest BCUT2D eigenvalue weighted by Gasteiger charge is 2.44. The topological polar surface area (TPSA) is 21.8 Å². The zero-order valence-electron chi connectivity index (χ0n) is 17.5. The maximum absolute atomic E-state index is 6.14. The zero-order chi connectivity index (χ0) is 18.1. The van der Waals surface area contributed by atoms with Crippen LogP contribution in [0, 0.1) is 11.8 Å². The normalized spacial score (nSPS) is 27.1. The lowest BCUT2D eigenvalue weighted by Crippen LogP contribution is -2.39. The molecule has 1 saturated carbocycles. The molecule has 25 heavy (non-hydrogen) atoms. The first kappa shape index (κ1) is 21.2. The Hall–Kier alpha value is -0.0800. The van der Waals surface area contributed by atoms with Crippen molar-refractivity contribution in [3.05, 3.63) is 0 Å². The first-order chi connectivity index (χ1) is 12.2. The van der Waals surface area contributed by atoms with Gasteiger partial charge in [0.25, 0.3) is 0 Å². The Morgan fingerprint density at radius 3 is 2.28 bits per heavy atom. The second kappa shape index (κ2) is 10.9. The lowest BCUT2D eigenvalue weighted by molar-refractivity contribution is -0.0722. The smallest absolute Gasteiger partial charge is 0.0844 e. The standard InChI is InChI=1S/C23H44O2/c1-5-8-9-10-11-12-13-20(23(6-2,7-3)24-4)16-14-19-15-17-21-22(18-19)25-21/h19-22H,5-18H2,1-4H3. The number of methoxy groups -OCH3 is 1. The summed E-state index contributed by atoms with van der Waals surface area (Å²) in [6, 6.07) is 0. The Kier molecular flexibility index (Phi) is 9.27. The summed E-state index contributed by atoms with van der Waals surface area (Å²) in [5, 5.41) is 0. The molecule has 2 heteroatoms. The van der Waals surface area contributed by atoms with Crippen molar-refractivity contribution in [2.24, 2.45) is 11.8 Å². The van der Waals surface area contributed by atoms with E-state index in [1.807, 2.05) is 7.11 Å². The van der Waals surface area contributed by atoms with E-state index < -0.39 is 0 Å². The summed E-state index contributed by atoms with van der Waals surface area (Å²) in [7, 11) is 1.95. The van der Waals surface area contributed by atoms with Crippen LogP contribution in [0.5, 0.6) is 0 Å². The van der Waals surface area contributed by atoms with E-state index in [4.69, 9.17) is 9.47 Å². The molecule has 2 fully saturated rings. The van der Waals surface area contributed by atoms with Crippen LogP contribution in [0.2, 0.25) is 0 Å². The van der Waals surface area contributed by atoms with Crippen LogP contribution in [0.25, 0.3) is 0 Å². The van der Waals surface area contributed by atoms with Gasteiger partial charge in [-0.25, -0.2) is 0 Å². The number of rotatable bonds is 14. The minimum atomic E-state index is 0.108. The molecule has 1 aliphatic carbocycles. The van der Waals surface area contributed by atoms with E-state index in [9.17, 15) is 0 Å². The molecular formula is C23H44O2. The fraction of sp³-hybridized carbons (Fsp3) is 1.00. The molecule has 4 unspecified atom stereocenters. The van der Waals surface area contributed by atoms with Crippen molar-refractivity contribution < 1.29 is 9.47 Å². The highest BCUT2D eigenvalue weighted by Crippen LogP contribution is 2.43. The molecular weight excluding hydrogens is 308 g/mol. The molecule has 0 amide bonds. The van der Waals surface area contributed by atoms with Gasteiger partial charge in [-0.05, 0) is 63.2 Å². The Balaban J connectivity index is 1.80. The van der Waals surface area contributed by atoms with E-state index in [-0.39, 0.29) is 5.60 Å². The summed E-state index contributed by atoms with van der Waals surface area (Å²) < 4.78 is 11.9. The second-order valence-electron chi connectivity index (χ2n) is 8.70. The molecule has 2 aliphatic rings. The van der Waals surface area contributed by atoms with Gasteiger partial charge in [0, 0.05) is 7.11 Å². The van der Waals surface area contributed by atoms with Crippen molar-refractivity contribution in [1.82, 2.24) is 0 Å². The molecule has 148 valence electrons. The van der Waals surface area contributed by atoms with Gasteiger partial charge in [-0.1, -0.05) is 59.3 Å². The molecule has 1 aliphatic heterocycles. The Morgan fingerprint density at radius 1 is 0.920 bits per heavy atom. The third-order valence-electron chi connectivity index (χ3n) is 7.29. The lowest BCUT2D eigenvalue weighted by atomic mass is 9.74. The number of hydrogen-bond donors (Lipinski definition) is 0. The van der Waals surface area contributed by atoms with Crippen molar-refractivity contribution in [3.63, 3.8) is 0 Å². The summed E-state index contributed by atoms with van der Waals surface area (Å²) in [5.74, 6) is 1.63. The van der Waals surface area contributed by atoms with Crippen LogP contribution in [0.3, 0.4) is 0 Å². The van der Waals surface area contributed by atoms with Crippen molar-refractivity contribution in [3.8, 4) is 0 Å². The molecule has 0 bridgehead atoms. The molecule has 0 aromatic rings. The van der Waals surface area contributed by atoms with Crippen LogP contribution in [-0.2, 0) is 9.47 Å². The zero-order valence-corrected chi connectivity index (χ0v) is 17.5. The van der Waals surface area contributed by atoms with Crippen LogP contribution < -0.4 is 0 Å². The van der Waals surface area contributed by atoms with Crippen molar-refractivity contribution in [2.45, 2.75) is 128 Å². The van der Waals surface area contributed by atoms with E-state index >= 15 is 0 Å². The Morgan fingerprint density at radius 2 is 1.64 bits per heavy atom. The van der Waals surface area contributed by atoms with Gasteiger partial charge in [-0.3, -0.25) is 0 Å². The number of epoxide rings is 1. The highest BCUT2D eigenvalue weighted by molar-refractivity contribution is 4.93. The van der Waals surface area contributed by atoms with Gasteiger partial charge < -0.3 is 9.47 Å². The van der Waals surface area contributed by atoms with E-state index in [0.717, 1.165) is 24.7 Å². The van der Waals surface area contributed by atoms with E-state index in [0.29, 0.717) is 12.2 Å². The Bertz CT molecular complexity index is 342. The van der Waals surface area contributed by atoms with Gasteiger partial charge >= 0.3 is 0 Å². The first-order valence-corrected chi connectivity index (χ1v) is 11.4. The fourth-order valence-corrected chi connectivity index (χ4v) is 5.31. The predicted molar refractivity (Wildman–Crippen MR) is 107 cm³/mol. The largest absolute Gasteiger partial charge is 0.378 e. The number of unbranched alkanes of at least 4 members (excludes halogenated alkanes) is 5. The van der Waals surface area contributed by atoms with Gasteiger partial charge in [0.15, 0.2) is 0 Å². The third-order valence-corrected chi connectivity index (χ3v) is 7.29. The molecule has 0 aromatic heterocycles. The van der Waals surface area contributed by atoms with E-state index in [1.165, 1.54) is 77.0 Å². The molecule has 0 N–H and O–H groups in total. The van der Waals surface area contributed by atoms with Gasteiger partial charge in [0.05, 0.1) is 17.8 Å². The molecule has 0 spiro atoms. The average Bonchev–Trinajstić information content (AvgIpc) is 3.42. The van der Waals surface area contributed by atoms with E-state index in [2.05, 4.69) is 20.8 Å². The van der Waals surface area contributed by atoms with Crippen molar-refractivity contribution in [1.29, 1.82) is 0 Å². The van der Waals surface area contributed by atoms with Crippen LogP contribution in [-0.4, -0.2) is 24.9 Å². The SMILES string of the molecule is CCCCCCCCC(CCC1CCC2OC2C1)C(CC)(CC)OC. The number of ether oxygens (including phenoxy) is 2. The van der Waals surface area contributed by atoms with Crippen LogP contribution in [0.1, 0.15) is 111 Å². The van der Waals surface area contributed by atoms with Crippen LogP contribution in [0.15, 0.2) is 0 Å². The first-order valence-electron chi connectivity index (χ1n) is 11.4. The van der Waals surface area contributed by atoms with Gasteiger partial charge in [-0.2, -0.15) is 0 Å². The maximum atomic E-state index is 6.14. The maximum Gasteiger partial charge on any atom is 0.0844 e. The minimum Gasteiger partial charge on any atom is -0.378 e. The van der Waals surface area contributed by atoms with Crippen molar-refractivity contribution >= 4 is 0 Å². The van der Waals surface area contributed by atoms with Gasteiger partial charge in [0.1, 0.15) is 0 Å². The fourth-order valence-electron chi connectivity index (χ4n) is 5.31. The monoisotopic (exact) mass is 352 g/mol. The van der Waals surface area contributed by atoms with Crippen LogP contribution in [0.4, 0.5) is 0 Å². The average molecular weight is 353 g/mol. The third kappa shape index (κ3) is 6.24. The quantitative estimate of drug-likeness (QED) is 0.250. The molecule has 2 rings (SSSR count). The molecule has 0 aromatic carbocycles. The second-order valence-corrected chi connectivity index (χ2v) is 8.70. The summed E-state index contributed by atoms with van der Waals surface area (Å²) in [6.07, 6.45) is 20.1. The molecule has 4 atom stereocenters. The number of hydrogen-bond acceptors (Lipinski definition) is 2. The van der Waals surface area contributed by atoms with Crippen LogP contribution >= 0.6 is 0 Å². The Labute approximate surface area is 157 Å². The minimum absolute atomic E-state index is 0.108. The van der Waals surface area contributed by atoms with Gasteiger partial charge in [0.2, 0.25) is 0 Å². The van der Waals surface area contributed by atoms with E-state index in [1.54, 1.807) is 0 Å². The molecule has 1 saturated heterocycles. The lowest BCUT2D eigenvalue weighted by Gasteiger charge is -2.39. The highest BCUT2D eigenvalue weighted by atomic mass is 16.6. The molecule has 0 radical (unpaired) electrons.